The summed E-state index contributed by atoms with van der Waals surface area (Å²) in [6.07, 6.45) is 1.57. The van der Waals surface area contributed by atoms with Crippen LogP contribution in [-0.2, 0) is 4.79 Å². The van der Waals surface area contributed by atoms with E-state index in [1.165, 1.54) is 4.90 Å². The highest BCUT2D eigenvalue weighted by Crippen LogP contribution is 2.28. The Morgan fingerprint density at radius 3 is 2.54 bits per heavy atom. The number of hydrogen-bond acceptors (Lipinski definition) is 5. The lowest BCUT2D eigenvalue weighted by atomic mass is 10.2. The van der Waals surface area contributed by atoms with E-state index in [2.05, 4.69) is 21.2 Å². The number of imide groups is 1. The van der Waals surface area contributed by atoms with Gasteiger partial charge in [0.2, 0.25) is 0 Å². The number of carbonyl (C=O) groups is 2. The van der Waals surface area contributed by atoms with Crippen molar-refractivity contribution in [2.24, 2.45) is 0 Å². The van der Waals surface area contributed by atoms with Gasteiger partial charge in [-0.15, -0.1) is 0 Å². The average molecular weight is 360 g/mol. The minimum atomic E-state index is -0.355. The molecular weight excluding hydrogens is 332 g/mol. The van der Waals surface area contributed by atoms with Gasteiger partial charge >= 0.3 is 6.03 Å². The predicted octanol–water partition coefficient (Wildman–Crippen LogP) is 1.89. The number of hydrogen-bond donors (Lipinski definition) is 1. The molecule has 3 amide bonds. The molecule has 0 radical (unpaired) electrons. The molecule has 1 N–H and O–H groups in total. The number of amides is 3. The molecule has 2 aliphatic heterocycles. The van der Waals surface area contributed by atoms with Crippen molar-refractivity contribution in [3.63, 3.8) is 0 Å². The summed E-state index contributed by atoms with van der Waals surface area (Å²) in [4.78, 5) is 30.3. The Morgan fingerprint density at radius 2 is 1.85 bits per heavy atom. The second kappa shape index (κ2) is 8.40. The number of piperazine rings is 1. The van der Waals surface area contributed by atoms with Crippen molar-refractivity contribution in [2.75, 3.05) is 44.4 Å². The Morgan fingerprint density at radius 1 is 1.12 bits per heavy atom. The third-order valence-corrected chi connectivity index (χ3v) is 4.90. The summed E-state index contributed by atoms with van der Waals surface area (Å²) in [5, 5.41) is 2.78. The van der Waals surface area contributed by atoms with Crippen LogP contribution in [0.15, 0.2) is 24.3 Å². The fourth-order valence-electron chi connectivity index (χ4n) is 3.52. The molecule has 0 spiro atoms. The Kier molecular flexibility index (Phi) is 5.98. The first kappa shape index (κ1) is 18.5. The first-order valence-electron chi connectivity index (χ1n) is 9.45. The van der Waals surface area contributed by atoms with Crippen molar-refractivity contribution in [3.05, 3.63) is 24.3 Å². The highest BCUT2D eigenvalue weighted by atomic mass is 16.5. The third-order valence-electron chi connectivity index (χ3n) is 4.90. The minimum Gasteiger partial charge on any atom is -0.492 e. The van der Waals surface area contributed by atoms with Gasteiger partial charge < -0.3 is 15.0 Å². The fraction of sp³-hybridized carbons (Fsp3) is 0.579. The van der Waals surface area contributed by atoms with Gasteiger partial charge in [-0.05, 0) is 25.5 Å². The van der Waals surface area contributed by atoms with Crippen LogP contribution in [-0.4, -0.2) is 67.2 Å². The number of anilines is 1. The molecule has 2 aliphatic rings. The first-order valence-corrected chi connectivity index (χ1v) is 9.45. The molecule has 1 atom stereocenters. The highest BCUT2D eigenvalue weighted by molar-refractivity contribution is 6.04. The molecule has 2 saturated heterocycles. The van der Waals surface area contributed by atoms with Gasteiger partial charge in [0.25, 0.3) is 5.91 Å². The molecular formula is C19H28N4O3. The van der Waals surface area contributed by atoms with Gasteiger partial charge in [-0.25, -0.2) is 9.69 Å². The van der Waals surface area contributed by atoms with Crippen molar-refractivity contribution < 1.29 is 14.3 Å². The smallest absolute Gasteiger partial charge is 0.325 e. The summed E-state index contributed by atoms with van der Waals surface area (Å²) >= 11 is 0. The van der Waals surface area contributed by atoms with Crippen LogP contribution >= 0.6 is 0 Å². The zero-order valence-corrected chi connectivity index (χ0v) is 15.6. The van der Waals surface area contributed by atoms with E-state index in [1.54, 1.807) is 0 Å². The number of nitrogens with one attached hydrogen (secondary N) is 1. The number of ether oxygens (including phenoxy) is 1. The molecule has 2 heterocycles. The van der Waals surface area contributed by atoms with E-state index < -0.39 is 0 Å². The molecule has 0 unspecified atom stereocenters. The maximum atomic E-state index is 12.4. The minimum absolute atomic E-state index is 0.0963. The maximum absolute atomic E-state index is 12.4. The van der Waals surface area contributed by atoms with E-state index in [9.17, 15) is 9.59 Å². The van der Waals surface area contributed by atoms with Gasteiger partial charge in [0.1, 0.15) is 11.8 Å². The number of urea groups is 1. The molecule has 0 aliphatic carbocycles. The van der Waals surface area contributed by atoms with Gasteiger partial charge in [-0.1, -0.05) is 25.5 Å². The van der Waals surface area contributed by atoms with Gasteiger partial charge in [0.15, 0.2) is 0 Å². The topological polar surface area (TPSA) is 65.1 Å². The van der Waals surface area contributed by atoms with E-state index >= 15 is 0 Å². The van der Waals surface area contributed by atoms with Crippen molar-refractivity contribution in [2.45, 2.75) is 32.7 Å². The molecule has 0 bridgehead atoms. The summed E-state index contributed by atoms with van der Waals surface area (Å²) in [5.41, 5.74) is 1.10. The summed E-state index contributed by atoms with van der Waals surface area (Å²) in [5.74, 6) is 0.806. The van der Waals surface area contributed by atoms with E-state index in [1.807, 2.05) is 32.0 Å². The molecule has 0 saturated carbocycles. The molecule has 26 heavy (non-hydrogen) atoms. The van der Waals surface area contributed by atoms with Gasteiger partial charge in [-0.2, -0.15) is 0 Å². The number of rotatable bonds is 7. The largest absolute Gasteiger partial charge is 0.492 e. The molecule has 7 heteroatoms. The standard InChI is InChI=1S/C19H28N4O3/c1-3-7-15-18(24)23(19(25)20-15)14-21-10-12-22(13-11-21)16-8-5-6-9-17(16)26-4-2/h5-6,8-9,15H,3-4,7,10-14H2,1-2H3,(H,20,25)/t15-/m1/s1. The van der Waals surface area contributed by atoms with E-state index in [0.29, 0.717) is 19.7 Å². The van der Waals surface area contributed by atoms with Crippen LogP contribution < -0.4 is 15.0 Å². The monoisotopic (exact) mass is 360 g/mol. The van der Waals surface area contributed by atoms with Crippen LogP contribution in [0.25, 0.3) is 0 Å². The Labute approximate surface area is 154 Å². The zero-order valence-electron chi connectivity index (χ0n) is 15.6. The van der Waals surface area contributed by atoms with Crippen molar-refractivity contribution in [1.29, 1.82) is 0 Å². The van der Waals surface area contributed by atoms with Gasteiger partial charge in [-0.3, -0.25) is 9.69 Å². The van der Waals surface area contributed by atoms with Crippen LogP contribution in [0.1, 0.15) is 26.7 Å². The van der Waals surface area contributed by atoms with Crippen molar-refractivity contribution in [1.82, 2.24) is 15.1 Å². The van der Waals surface area contributed by atoms with Crippen LogP contribution in [0.5, 0.6) is 5.75 Å². The second-order valence-electron chi connectivity index (χ2n) is 6.70. The van der Waals surface area contributed by atoms with Gasteiger partial charge in [0, 0.05) is 26.2 Å². The predicted molar refractivity (Wildman–Crippen MR) is 100 cm³/mol. The SMILES string of the molecule is CCC[C@H]1NC(=O)N(CN2CCN(c3ccccc3OCC)CC2)C1=O. The molecule has 1 aromatic rings. The van der Waals surface area contributed by atoms with Crippen LogP contribution in [0.2, 0.25) is 0 Å². The summed E-state index contributed by atoms with van der Waals surface area (Å²) in [6.45, 7) is 8.29. The molecule has 3 rings (SSSR count). The van der Waals surface area contributed by atoms with E-state index in [-0.39, 0.29) is 18.0 Å². The molecule has 0 aromatic heterocycles. The number of carbonyl (C=O) groups excluding carboxylic acids is 2. The zero-order chi connectivity index (χ0) is 18.5. The second-order valence-corrected chi connectivity index (χ2v) is 6.70. The lowest BCUT2D eigenvalue weighted by Gasteiger charge is -2.37. The number of para-hydroxylation sites is 2. The van der Waals surface area contributed by atoms with Gasteiger partial charge in [0.05, 0.1) is 19.0 Å². The highest BCUT2D eigenvalue weighted by Gasteiger charge is 2.38. The number of nitrogens with zero attached hydrogens (tertiary/aromatic N) is 3. The summed E-state index contributed by atoms with van der Waals surface area (Å²) in [6, 6.07) is 7.45. The summed E-state index contributed by atoms with van der Waals surface area (Å²) in [7, 11) is 0. The van der Waals surface area contributed by atoms with Crippen LogP contribution in [0, 0.1) is 0 Å². The molecule has 1 aromatic carbocycles. The first-order chi connectivity index (χ1) is 12.6. The van der Waals surface area contributed by atoms with Crippen LogP contribution in [0.4, 0.5) is 10.5 Å². The normalized spacial score (nSPS) is 21.2. The third kappa shape index (κ3) is 3.93. The van der Waals surface area contributed by atoms with E-state index in [0.717, 1.165) is 44.0 Å². The Hall–Kier alpha value is -2.28. The Bertz CT molecular complexity index is 643. The van der Waals surface area contributed by atoms with Crippen molar-refractivity contribution >= 4 is 17.6 Å². The van der Waals surface area contributed by atoms with Crippen LogP contribution in [0.3, 0.4) is 0 Å². The molecule has 142 valence electrons. The molecule has 7 nitrogen and oxygen atoms in total. The lowest BCUT2D eigenvalue weighted by Crippen LogP contribution is -2.51. The number of benzene rings is 1. The van der Waals surface area contributed by atoms with E-state index in [4.69, 9.17) is 4.74 Å². The summed E-state index contributed by atoms with van der Waals surface area (Å²) < 4.78 is 5.73. The fourth-order valence-corrected chi connectivity index (χ4v) is 3.52. The lowest BCUT2D eigenvalue weighted by molar-refractivity contribution is -0.129. The average Bonchev–Trinajstić information content (AvgIpc) is 2.91. The quantitative estimate of drug-likeness (QED) is 0.752. The van der Waals surface area contributed by atoms with Crippen molar-refractivity contribution in [3.8, 4) is 5.75 Å². The maximum Gasteiger partial charge on any atom is 0.325 e. The molecule has 2 fully saturated rings. The Balaban J connectivity index is 1.56.